The number of nitrogens with zero attached hydrogens (tertiary/aromatic N) is 2. The second-order valence-electron chi connectivity index (χ2n) is 4.72. The molecule has 0 fully saturated rings. The van der Waals surface area contributed by atoms with Crippen LogP contribution in [-0.4, -0.2) is 16.8 Å². The Kier molecular flexibility index (Phi) is 5.51. The molecule has 21 heavy (non-hydrogen) atoms. The van der Waals surface area contributed by atoms with Gasteiger partial charge in [-0.15, -0.1) is 0 Å². The fourth-order valence-corrected chi connectivity index (χ4v) is 2.73. The third kappa shape index (κ3) is 3.51. The van der Waals surface area contributed by atoms with Gasteiger partial charge in [-0.05, 0) is 25.6 Å². The summed E-state index contributed by atoms with van der Waals surface area (Å²) in [5, 5.41) is 8.84. The van der Waals surface area contributed by atoms with Crippen LogP contribution in [0.1, 0.15) is 23.9 Å². The van der Waals surface area contributed by atoms with E-state index in [-0.39, 0.29) is 0 Å². The third-order valence-electron chi connectivity index (χ3n) is 3.30. The summed E-state index contributed by atoms with van der Waals surface area (Å²) < 4.78 is 7.67. The summed E-state index contributed by atoms with van der Waals surface area (Å²) in [6, 6.07) is 5.63. The highest BCUT2D eigenvalue weighted by Crippen LogP contribution is 2.28. The SMILES string of the molecule is CCc1nn(C)c(COc2cccc(Cl)c2CNC)c1Cl. The number of hydrogen-bond acceptors (Lipinski definition) is 3. The Morgan fingerprint density at radius 3 is 2.71 bits per heavy atom. The lowest BCUT2D eigenvalue weighted by atomic mass is 10.2. The average molecular weight is 328 g/mol. The van der Waals surface area contributed by atoms with Crippen LogP contribution in [0.5, 0.6) is 5.75 Å². The van der Waals surface area contributed by atoms with Crippen molar-refractivity contribution in [3.63, 3.8) is 0 Å². The molecule has 1 aromatic carbocycles. The minimum Gasteiger partial charge on any atom is -0.487 e. The summed E-state index contributed by atoms with van der Waals surface area (Å²) in [7, 11) is 3.74. The molecule has 2 rings (SSSR count). The van der Waals surface area contributed by atoms with E-state index >= 15 is 0 Å². The third-order valence-corrected chi connectivity index (χ3v) is 4.09. The van der Waals surface area contributed by atoms with Gasteiger partial charge in [-0.2, -0.15) is 5.10 Å². The van der Waals surface area contributed by atoms with Crippen molar-refractivity contribution in [1.29, 1.82) is 0 Å². The Hall–Kier alpha value is -1.23. The molecule has 0 aliphatic rings. The highest BCUT2D eigenvalue weighted by molar-refractivity contribution is 6.32. The van der Waals surface area contributed by atoms with Crippen molar-refractivity contribution in [2.75, 3.05) is 7.05 Å². The van der Waals surface area contributed by atoms with Crippen LogP contribution in [-0.2, 0) is 26.6 Å². The van der Waals surface area contributed by atoms with E-state index in [9.17, 15) is 0 Å². The summed E-state index contributed by atoms with van der Waals surface area (Å²) >= 11 is 12.5. The van der Waals surface area contributed by atoms with Gasteiger partial charge in [-0.1, -0.05) is 36.2 Å². The molecule has 1 N–H and O–H groups in total. The number of nitrogens with one attached hydrogen (secondary N) is 1. The maximum absolute atomic E-state index is 6.33. The first-order chi connectivity index (χ1) is 10.1. The fraction of sp³-hybridized carbons (Fsp3) is 0.400. The second-order valence-corrected chi connectivity index (χ2v) is 5.51. The van der Waals surface area contributed by atoms with Gasteiger partial charge >= 0.3 is 0 Å². The molecular formula is C15H19Cl2N3O. The maximum Gasteiger partial charge on any atom is 0.131 e. The number of rotatable bonds is 6. The predicted molar refractivity (Wildman–Crippen MR) is 86.1 cm³/mol. The first-order valence-electron chi connectivity index (χ1n) is 6.83. The minimum atomic E-state index is 0.361. The van der Waals surface area contributed by atoms with E-state index in [1.807, 2.05) is 39.2 Å². The van der Waals surface area contributed by atoms with E-state index in [1.165, 1.54) is 0 Å². The first kappa shape index (κ1) is 16.1. The van der Waals surface area contributed by atoms with Crippen molar-refractivity contribution >= 4 is 23.2 Å². The molecule has 0 amide bonds. The highest BCUT2D eigenvalue weighted by atomic mass is 35.5. The Morgan fingerprint density at radius 2 is 2.10 bits per heavy atom. The molecule has 1 aromatic heterocycles. The van der Waals surface area contributed by atoms with Crippen LogP contribution in [0.15, 0.2) is 18.2 Å². The monoisotopic (exact) mass is 327 g/mol. The summed E-state index contributed by atoms with van der Waals surface area (Å²) in [4.78, 5) is 0. The molecular weight excluding hydrogens is 309 g/mol. The van der Waals surface area contributed by atoms with E-state index in [2.05, 4.69) is 10.4 Å². The molecule has 1 heterocycles. The Balaban J connectivity index is 2.21. The minimum absolute atomic E-state index is 0.361. The number of halogens is 2. The molecule has 4 nitrogen and oxygen atoms in total. The van der Waals surface area contributed by atoms with E-state index in [1.54, 1.807) is 4.68 Å². The largest absolute Gasteiger partial charge is 0.487 e. The van der Waals surface area contributed by atoms with Crippen molar-refractivity contribution < 1.29 is 4.74 Å². The normalized spacial score (nSPS) is 10.9. The Labute approximate surface area is 135 Å². The van der Waals surface area contributed by atoms with Crippen molar-refractivity contribution in [1.82, 2.24) is 15.1 Å². The van der Waals surface area contributed by atoms with Crippen LogP contribution in [0.2, 0.25) is 10.0 Å². The van der Waals surface area contributed by atoms with Gasteiger partial charge in [0.25, 0.3) is 0 Å². The smallest absolute Gasteiger partial charge is 0.131 e. The number of ether oxygens (including phenoxy) is 1. The lowest BCUT2D eigenvalue weighted by molar-refractivity contribution is 0.291. The summed E-state index contributed by atoms with van der Waals surface area (Å²) in [6.07, 6.45) is 0.800. The Bertz CT molecular complexity index is 626. The van der Waals surface area contributed by atoms with Crippen molar-refractivity contribution in [3.05, 3.63) is 45.2 Å². The average Bonchev–Trinajstić information content (AvgIpc) is 2.74. The fourth-order valence-electron chi connectivity index (χ4n) is 2.15. The number of aryl methyl sites for hydroxylation is 2. The van der Waals surface area contributed by atoms with Gasteiger partial charge in [0.1, 0.15) is 12.4 Å². The summed E-state index contributed by atoms with van der Waals surface area (Å²) in [6.45, 7) is 3.04. The van der Waals surface area contributed by atoms with E-state index in [0.717, 1.165) is 29.1 Å². The molecule has 0 saturated heterocycles. The molecule has 0 radical (unpaired) electrons. The standard InChI is InChI=1S/C15H19Cl2N3O/c1-4-12-15(17)13(20(3)19-12)9-21-14-7-5-6-11(16)10(14)8-18-2/h5-7,18H,4,8-9H2,1-3H3. The van der Waals surface area contributed by atoms with Crippen LogP contribution in [0.25, 0.3) is 0 Å². The van der Waals surface area contributed by atoms with Crippen molar-refractivity contribution in [2.24, 2.45) is 7.05 Å². The predicted octanol–water partition coefficient (Wildman–Crippen LogP) is 3.59. The quantitative estimate of drug-likeness (QED) is 0.881. The summed E-state index contributed by atoms with van der Waals surface area (Å²) in [5.74, 6) is 0.757. The van der Waals surface area contributed by atoms with E-state index in [4.69, 9.17) is 27.9 Å². The zero-order chi connectivity index (χ0) is 15.4. The Morgan fingerprint density at radius 1 is 1.33 bits per heavy atom. The maximum atomic E-state index is 6.33. The zero-order valence-electron chi connectivity index (χ0n) is 12.4. The van der Waals surface area contributed by atoms with Crippen LogP contribution in [0, 0.1) is 0 Å². The molecule has 0 atom stereocenters. The number of benzene rings is 1. The van der Waals surface area contributed by atoms with Gasteiger partial charge in [0.2, 0.25) is 0 Å². The molecule has 6 heteroatoms. The van der Waals surface area contributed by atoms with Gasteiger partial charge in [0.05, 0.1) is 16.4 Å². The zero-order valence-corrected chi connectivity index (χ0v) is 13.9. The van der Waals surface area contributed by atoms with Gasteiger partial charge in [-0.25, -0.2) is 0 Å². The molecule has 0 bridgehead atoms. The molecule has 2 aromatic rings. The highest BCUT2D eigenvalue weighted by Gasteiger charge is 2.15. The van der Waals surface area contributed by atoms with Crippen LogP contribution < -0.4 is 10.1 Å². The lowest BCUT2D eigenvalue weighted by Gasteiger charge is -2.13. The van der Waals surface area contributed by atoms with Crippen molar-refractivity contribution in [3.8, 4) is 5.75 Å². The van der Waals surface area contributed by atoms with Crippen LogP contribution in [0.4, 0.5) is 0 Å². The van der Waals surface area contributed by atoms with Gasteiger partial charge in [-0.3, -0.25) is 4.68 Å². The molecule has 0 saturated carbocycles. The number of hydrogen-bond donors (Lipinski definition) is 1. The van der Waals surface area contributed by atoms with Gasteiger partial charge in [0, 0.05) is 24.2 Å². The molecule has 0 spiro atoms. The first-order valence-corrected chi connectivity index (χ1v) is 7.59. The second kappa shape index (κ2) is 7.16. The lowest BCUT2D eigenvalue weighted by Crippen LogP contribution is -2.09. The number of aromatic nitrogens is 2. The topological polar surface area (TPSA) is 39.1 Å². The summed E-state index contributed by atoms with van der Waals surface area (Å²) in [5.41, 5.74) is 2.69. The molecule has 0 aliphatic carbocycles. The van der Waals surface area contributed by atoms with Crippen LogP contribution in [0.3, 0.4) is 0 Å². The molecule has 114 valence electrons. The van der Waals surface area contributed by atoms with Crippen LogP contribution >= 0.6 is 23.2 Å². The molecule has 0 unspecified atom stereocenters. The van der Waals surface area contributed by atoms with Gasteiger partial charge < -0.3 is 10.1 Å². The van der Waals surface area contributed by atoms with E-state index < -0.39 is 0 Å². The molecule has 0 aliphatic heterocycles. The van der Waals surface area contributed by atoms with Crippen molar-refractivity contribution in [2.45, 2.75) is 26.5 Å². The van der Waals surface area contributed by atoms with E-state index in [0.29, 0.717) is 23.2 Å². The van der Waals surface area contributed by atoms with Gasteiger partial charge in [0.15, 0.2) is 0 Å².